The Balaban J connectivity index is 2.09. The Hall–Kier alpha value is -2.38. The highest BCUT2D eigenvalue weighted by Crippen LogP contribution is 2.30. The minimum absolute atomic E-state index is 0.161. The smallest absolute Gasteiger partial charge is 0.243 e. The number of aromatic nitrogens is 1. The number of nitrogens with zero attached hydrogens (tertiary/aromatic N) is 1. The first-order valence-corrected chi connectivity index (χ1v) is 11.9. The lowest BCUT2D eigenvalue weighted by atomic mass is 10.1. The summed E-state index contributed by atoms with van der Waals surface area (Å²) in [5, 5.41) is 14.9. The zero-order chi connectivity index (χ0) is 23.2. The van der Waals surface area contributed by atoms with Gasteiger partial charge < -0.3 is 21.1 Å². The molecule has 0 aliphatic rings. The van der Waals surface area contributed by atoms with Crippen LogP contribution in [0.1, 0.15) is 29.5 Å². The van der Waals surface area contributed by atoms with Crippen LogP contribution < -0.4 is 25.8 Å². The van der Waals surface area contributed by atoms with Gasteiger partial charge in [-0.25, -0.2) is 13.4 Å². The number of hydrogen-bond acceptors (Lipinski definition) is 9. The molecule has 0 saturated heterocycles. The van der Waals surface area contributed by atoms with Crippen molar-refractivity contribution < 1.29 is 17.9 Å². The fraction of sp³-hybridized carbons (Fsp3) is 0.421. The van der Waals surface area contributed by atoms with Crippen LogP contribution in [0.3, 0.4) is 0 Å². The number of aryl methyl sites for hydroxylation is 1. The summed E-state index contributed by atoms with van der Waals surface area (Å²) in [7, 11) is -2.25. The molecule has 1 heterocycles. The second-order valence-corrected chi connectivity index (χ2v) is 9.52. The lowest BCUT2D eigenvalue weighted by molar-refractivity contribution is -0.117. The van der Waals surface area contributed by atoms with Crippen molar-refractivity contribution in [2.45, 2.75) is 50.7 Å². The number of benzene rings is 1. The molecule has 0 bridgehead atoms. The maximum Gasteiger partial charge on any atom is 0.243 e. The number of carbonyl (C=O) groups is 1. The Morgan fingerprint density at radius 3 is 2.61 bits per heavy atom. The highest BCUT2D eigenvalue weighted by Gasteiger charge is 2.26. The summed E-state index contributed by atoms with van der Waals surface area (Å²) < 4.78 is 34.0. The first kappa shape index (κ1) is 24.9. The highest BCUT2D eigenvalue weighted by molar-refractivity contribution is 7.89. The molecule has 0 radical (unpaired) electrons. The molecule has 1 unspecified atom stereocenters. The van der Waals surface area contributed by atoms with Crippen molar-refractivity contribution in [3.8, 4) is 5.75 Å². The van der Waals surface area contributed by atoms with Crippen LogP contribution in [0.25, 0.3) is 0 Å². The zero-order valence-electron chi connectivity index (χ0n) is 17.9. The third-order valence-corrected chi connectivity index (χ3v) is 7.29. The van der Waals surface area contributed by atoms with Crippen molar-refractivity contribution >= 4 is 38.8 Å². The Morgan fingerprint density at radius 2 is 2.03 bits per heavy atom. The van der Waals surface area contributed by atoms with Gasteiger partial charge in [0.1, 0.15) is 5.75 Å². The van der Waals surface area contributed by atoms with Crippen LogP contribution >= 0.6 is 11.3 Å². The van der Waals surface area contributed by atoms with E-state index in [9.17, 15) is 13.2 Å². The Morgan fingerprint density at radius 1 is 1.32 bits per heavy atom. The molecule has 2 atom stereocenters. The molecule has 12 heteroatoms. The Kier molecular flexibility index (Phi) is 8.65. The molecule has 6 N–H and O–H groups in total. The summed E-state index contributed by atoms with van der Waals surface area (Å²) in [5.74, 6) is 0.0584. The van der Waals surface area contributed by atoms with Crippen LogP contribution in [0.15, 0.2) is 22.5 Å². The van der Waals surface area contributed by atoms with Gasteiger partial charge in [0.2, 0.25) is 15.9 Å². The molecule has 0 fully saturated rings. The van der Waals surface area contributed by atoms with Crippen LogP contribution in [-0.4, -0.2) is 45.0 Å². The topological polar surface area (TPSA) is 159 Å². The first-order chi connectivity index (χ1) is 14.6. The molecular formula is C19H28N6O4S2. The largest absolute Gasteiger partial charge is 0.446 e. The lowest BCUT2D eigenvalue weighted by Crippen LogP contribution is -2.45. The molecule has 1 amide bonds. The summed E-state index contributed by atoms with van der Waals surface area (Å²) in [5.41, 5.74) is 7.63. The third-order valence-electron chi connectivity index (χ3n) is 4.84. The quantitative estimate of drug-likeness (QED) is 0.190. The predicted octanol–water partition coefficient (Wildman–Crippen LogP) is 1.62. The molecule has 1 aromatic heterocycles. The van der Waals surface area contributed by atoms with E-state index >= 15 is 0 Å². The van der Waals surface area contributed by atoms with Gasteiger partial charge in [-0.1, -0.05) is 0 Å². The van der Waals surface area contributed by atoms with E-state index < -0.39 is 22.2 Å². The van der Waals surface area contributed by atoms with Gasteiger partial charge in [0.25, 0.3) is 0 Å². The van der Waals surface area contributed by atoms with Crippen molar-refractivity contribution in [2.24, 2.45) is 5.73 Å². The average molecular weight is 469 g/mol. The minimum atomic E-state index is -3.87. The van der Waals surface area contributed by atoms with E-state index in [0.29, 0.717) is 34.0 Å². The fourth-order valence-electron chi connectivity index (χ4n) is 3.09. The monoisotopic (exact) mass is 468 g/mol. The van der Waals surface area contributed by atoms with Gasteiger partial charge in [-0.3, -0.25) is 10.2 Å². The molecule has 0 spiro atoms. The molecule has 31 heavy (non-hydrogen) atoms. The van der Waals surface area contributed by atoms with Crippen LogP contribution in [0, 0.1) is 26.2 Å². The first-order valence-electron chi connectivity index (χ1n) is 9.52. The number of rotatable bonds is 11. The van der Waals surface area contributed by atoms with Gasteiger partial charge in [-0.2, -0.15) is 4.72 Å². The summed E-state index contributed by atoms with van der Waals surface area (Å²) in [6.45, 7) is 5.11. The maximum absolute atomic E-state index is 13.1. The molecule has 10 nitrogen and oxygen atoms in total. The predicted molar refractivity (Wildman–Crippen MR) is 121 cm³/mol. The SMILES string of the molecule is CNC(CC[C@H](N)C(=O)Nc1nccs1)NS(=O)(=O)c1c(C)cc(OC=N)c(C)c1C. The van der Waals surface area contributed by atoms with E-state index in [1.54, 1.807) is 45.5 Å². The summed E-state index contributed by atoms with van der Waals surface area (Å²) in [4.78, 5) is 16.3. The third kappa shape index (κ3) is 6.31. The van der Waals surface area contributed by atoms with Gasteiger partial charge in [0, 0.05) is 11.6 Å². The van der Waals surface area contributed by atoms with Crippen molar-refractivity contribution in [1.82, 2.24) is 15.0 Å². The van der Waals surface area contributed by atoms with E-state index in [-0.39, 0.29) is 17.2 Å². The van der Waals surface area contributed by atoms with E-state index in [4.69, 9.17) is 15.9 Å². The van der Waals surface area contributed by atoms with Gasteiger partial charge >= 0.3 is 0 Å². The maximum atomic E-state index is 13.1. The molecule has 0 saturated carbocycles. The van der Waals surface area contributed by atoms with Crippen LogP contribution in [0.5, 0.6) is 5.75 Å². The number of amides is 1. The molecule has 2 rings (SSSR count). The number of hydrogen-bond donors (Lipinski definition) is 5. The van der Waals surface area contributed by atoms with Gasteiger partial charge in [-0.15, -0.1) is 11.3 Å². The zero-order valence-corrected chi connectivity index (χ0v) is 19.5. The van der Waals surface area contributed by atoms with Crippen LogP contribution in [-0.2, 0) is 14.8 Å². The molecule has 1 aromatic carbocycles. The fourth-order valence-corrected chi connectivity index (χ4v) is 5.39. The standard InChI is InChI=1S/C19H28N6O4S2/c1-11-9-15(29-10-20)12(2)13(3)17(11)31(27,28)25-16(22-4)6-5-14(21)18(26)24-19-23-7-8-30-19/h7-10,14,16,20,22,25H,5-6,21H2,1-4H3,(H,23,24,26)/t14-,16?/m0/s1. The van der Waals surface area contributed by atoms with Crippen molar-refractivity contribution in [1.29, 1.82) is 5.41 Å². The van der Waals surface area contributed by atoms with E-state index in [0.717, 1.165) is 6.40 Å². The normalized spacial score (nSPS) is 13.5. The number of nitrogens with one attached hydrogen (secondary N) is 4. The second kappa shape index (κ2) is 10.8. The number of nitrogens with two attached hydrogens (primary N) is 1. The lowest BCUT2D eigenvalue weighted by Gasteiger charge is -2.22. The highest BCUT2D eigenvalue weighted by atomic mass is 32.2. The number of carbonyl (C=O) groups excluding carboxylic acids is 1. The molecular weight excluding hydrogens is 440 g/mol. The van der Waals surface area contributed by atoms with Crippen molar-refractivity contribution in [2.75, 3.05) is 12.4 Å². The van der Waals surface area contributed by atoms with Gasteiger partial charge in [0.15, 0.2) is 11.5 Å². The average Bonchev–Trinajstić information content (AvgIpc) is 3.21. The van der Waals surface area contributed by atoms with E-state index in [1.165, 1.54) is 11.3 Å². The molecule has 170 valence electrons. The number of sulfonamides is 1. The van der Waals surface area contributed by atoms with Crippen molar-refractivity contribution in [3.63, 3.8) is 0 Å². The second-order valence-electron chi connectivity index (χ2n) is 6.98. The van der Waals surface area contributed by atoms with Gasteiger partial charge in [0.05, 0.1) is 17.1 Å². The van der Waals surface area contributed by atoms with Crippen LogP contribution in [0.4, 0.5) is 5.13 Å². The number of ether oxygens (including phenoxy) is 1. The van der Waals surface area contributed by atoms with Gasteiger partial charge in [-0.05, 0) is 63.4 Å². The Labute approximate surface area is 186 Å². The molecule has 2 aromatic rings. The molecule has 0 aliphatic heterocycles. The number of anilines is 1. The summed E-state index contributed by atoms with van der Waals surface area (Å²) in [6, 6.07) is 0.780. The van der Waals surface area contributed by atoms with E-state index in [1.807, 2.05) is 0 Å². The molecule has 0 aliphatic carbocycles. The minimum Gasteiger partial charge on any atom is -0.446 e. The van der Waals surface area contributed by atoms with Crippen LogP contribution in [0.2, 0.25) is 0 Å². The summed E-state index contributed by atoms with van der Waals surface area (Å²) in [6.07, 6.45) is 2.31. The van der Waals surface area contributed by atoms with Crippen molar-refractivity contribution in [3.05, 3.63) is 34.3 Å². The number of thiazole rings is 1. The Bertz CT molecular complexity index is 1020. The summed E-state index contributed by atoms with van der Waals surface area (Å²) >= 11 is 1.29. The van der Waals surface area contributed by atoms with E-state index in [2.05, 4.69) is 20.3 Å².